The molecule has 0 spiro atoms. The lowest BCUT2D eigenvalue weighted by Gasteiger charge is -2.45. The topological polar surface area (TPSA) is 43.4 Å². The summed E-state index contributed by atoms with van der Waals surface area (Å²) in [4.78, 5) is 4.45. The molecule has 1 aliphatic rings. The van der Waals surface area contributed by atoms with Gasteiger partial charge in [-0.2, -0.15) is 0 Å². The van der Waals surface area contributed by atoms with Gasteiger partial charge in [-0.1, -0.05) is 17.7 Å². The molecule has 4 nitrogen and oxygen atoms in total. The molecule has 1 N–H and O–H groups in total. The standard InChI is InChI=1S/C16H19ClN2O2/c1-20-16(21-2)8-12(9-16)19-10-11-5-6-14(17)13-4-3-7-18-15(11)13/h3-7,12,19H,8-10H2,1-2H3. The van der Waals surface area contributed by atoms with E-state index < -0.39 is 5.79 Å². The molecule has 1 aliphatic carbocycles. The molecule has 1 heterocycles. The van der Waals surface area contributed by atoms with Gasteiger partial charge in [0, 0.05) is 56.3 Å². The van der Waals surface area contributed by atoms with Crippen molar-refractivity contribution in [1.29, 1.82) is 0 Å². The minimum atomic E-state index is -0.405. The van der Waals surface area contributed by atoms with E-state index >= 15 is 0 Å². The second-order valence-electron chi connectivity index (χ2n) is 5.41. The molecule has 0 aliphatic heterocycles. The molecule has 0 bridgehead atoms. The van der Waals surface area contributed by atoms with Crippen molar-refractivity contribution < 1.29 is 9.47 Å². The molecule has 112 valence electrons. The number of hydrogen-bond acceptors (Lipinski definition) is 4. The van der Waals surface area contributed by atoms with Gasteiger partial charge in [-0.25, -0.2) is 0 Å². The molecule has 0 radical (unpaired) electrons. The van der Waals surface area contributed by atoms with Crippen molar-refractivity contribution in [1.82, 2.24) is 10.3 Å². The molecule has 5 heteroatoms. The molecule has 0 amide bonds. The summed E-state index contributed by atoms with van der Waals surface area (Å²) in [6.45, 7) is 0.763. The zero-order valence-corrected chi connectivity index (χ0v) is 13.0. The second kappa shape index (κ2) is 5.89. The van der Waals surface area contributed by atoms with Gasteiger partial charge in [0.15, 0.2) is 5.79 Å². The summed E-state index contributed by atoms with van der Waals surface area (Å²) >= 11 is 6.21. The number of benzene rings is 1. The zero-order chi connectivity index (χ0) is 14.9. The van der Waals surface area contributed by atoms with Crippen molar-refractivity contribution >= 4 is 22.5 Å². The van der Waals surface area contributed by atoms with Crippen molar-refractivity contribution in [3.63, 3.8) is 0 Å². The van der Waals surface area contributed by atoms with Crippen LogP contribution in [-0.2, 0) is 16.0 Å². The molecule has 1 saturated carbocycles. The summed E-state index contributed by atoms with van der Waals surface area (Å²) < 4.78 is 10.8. The maximum Gasteiger partial charge on any atom is 0.170 e. The fraction of sp³-hybridized carbons (Fsp3) is 0.438. The van der Waals surface area contributed by atoms with Gasteiger partial charge in [-0.05, 0) is 23.8 Å². The Morgan fingerprint density at radius 2 is 2.05 bits per heavy atom. The number of pyridine rings is 1. The van der Waals surface area contributed by atoms with Crippen LogP contribution in [0.15, 0.2) is 30.5 Å². The summed E-state index contributed by atoms with van der Waals surface area (Å²) in [5.41, 5.74) is 2.11. The average molecular weight is 307 g/mol. The lowest BCUT2D eigenvalue weighted by atomic mass is 9.85. The molecule has 1 aromatic heterocycles. The van der Waals surface area contributed by atoms with E-state index in [4.69, 9.17) is 21.1 Å². The first-order chi connectivity index (χ1) is 10.2. The molecule has 1 aromatic carbocycles. The summed E-state index contributed by atoms with van der Waals surface area (Å²) in [6, 6.07) is 8.27. The molecule has 0 unspecified atom stereocenters. The minimum Gasteiger partial charge on any atom is -0.353 e. The highest BCUT2D eigenvalue weighted by Crippen LogP contribution is 2.36. The van der Waals surface area contributed by atoms with Crippen LogP contribution in [0.25, 0.3) is 10.9 Å². The van der Waals surface area contributed by atoms with Crippen molar-refractivity contribution in [2.75, 3.05) is 14.2 Å². The fourth-order valence-corrected chi connectivity index (χ4v) is 3.06. The van der Waals surface area contributed by atoms with E-state index in [0.717, 1.165) is 40.9 Å². The normalized spacial score (nSPS) is 17.9. The predicted octanol–water partition coefficient (Wildman–Crippen LogP) is 3.13. The van der Waals surface area contributed by atoms with Crippen LogP contribution in [0.2, 0.25) is 5.02 Å². The Hall–Kier alpha value is -1.20. The first kappa shape index (κ1) is 14.7. The Kier molecular flexibility index (Phi) is 4.13. The number of fused-ring (bicyclic) bond motifs is 1. The molecule has 21 heavy (non-hydrogen) atoms. The van der Waals surface area contributed by atoms with Crippen LogP contribution in [0.3, 0.4) is 0 Å². The highest BCUT2D eigenvalue weighted by Gasteiger charge is 2.44. The third kappa shape index (κ3) is 2.77. The van der Waals surface area contributed by atoms with Crippen LogP contribution >= 0.6 is 11.6 Å². The lowest BCUT2D eigenvalue weighted by Crippen LogP contribution is -2.55. The molecule has 2 aromatic rings. The van der Waals surface area contributed by atoms with E-state index in [-0.39, 0.29) is 0 Å². The smallest absolute Gasteiger partial charge is 0.170 e. The van der Waals surface area contributed by atoms with Crippen LogP contribution in [0.5, 0.6) is 0 Å². The number of nitrogens with one attached hydrogen (secondary N) is 1. The van der Waals surface area contributed by atoms with Gasteiger partial charge in [0.1, 0.15) is 0 Å². The maximum atomic E-state index is 6.21. The van der Waals surface area contributed by atoms with Gasteiger partial charge in [-0.3, -0.25) is 4.98 Å². The first-order valence-corrected chi connectivity index (χ1v) is 7.41. The third-order valence-corrected chi connectivity index (χ3v) is 4.57. The minimum absolute atomic E-state index is 0.402. The summed E-state index contributed by atoms with van der Waals surface area (Å²) in [5.74, 6) is -0.405. The average Bonchev–Trinajstić information content (AvgIpc) is 2.49. The zero-order valence-electron chi connectivity index (χ0n) is 12.2. The van der Waals surface area contributed by atoms with Gasteiger partial charge < -0.3 is 14.8 Å². The van der Waals surface area contributed by atoms with Crippen molar-refractivity contribution in [2.24, 2.45) is 0 Å². The van der Waals surface area contributed by atoms with Crippen LogP contribution < -0.4 is 5.32 Å². The third-order valence-electron chi connectivity index (χ3n) is 4.24. The van der Waals surface area contributed by atoms with Crippen LogP contribution in [-0.4, -0.2) is 31.0 Å². The molecule has 0 atom stereocenters. The molecule has 3 rings (SSSR count). The molecule has 0 saturated heterocycles. The van der Waals surface area contributed by atoms with Crippen LogP contribution in [0, 0.1) is 0 Å². The Bertz CT molecular complexity index is 635. The fourth-order valence-electron chi connectivity index (χ4n) is 2.85. The molecule has 1 fully saturated rings. The summed E-state index contributed by atoms with van der Waals surface area (Å²) in [6.07, 6.45) is 3.52. The highest BCUT2D eigenvalue weighted by atomic mass is 35.5. The summed E-state index contributed by atoms with van der Waals surface area (Å²) in [7, 11) is 3.38. The number of aromatic nitrogens is 1. The molecular weight excluding hydrogens is 288 g/mol. The van der Waals surface area contributed by atoms with E-state index in [1.807, 2.05) is 24.3 Å². The van der Waals surface area contributed by atoms with Gasteiger partial charge in [-0.15, -0.1) is 0 Å². The number of methoxy groups -OCH3 is 2. The van der Waals surface area contributed by atoms with Crippen molar-refractivity contribution in [3.05, 3.63) is 41.0 Å². The van der Waals surface area contributed by atoms with Gasteiger partial charge in [0.2, 0.25) is 0 Å². The first-order valence-electron chi connectivity index (χ1n) is 7.03. The Balaban J connectivity index is 1.69. The van der Waals surface area contributed by atoms with Crippen LogP contribution in [0.4, 0.5) is 0 Å². The van der Waals surface area contributed by atoms with Gasteiger partial charge in [0.05, 0.1) is 5.52 Å². The van der Waals surface area contributed by atoms with E-state index in [9.17, 15) is 0 Å². The largest absolute Gasteiger partial charge is 0.353 e. The van der Waals surface area contributed by atoms with Crippen LogP contribution in [0.1, 0.15) is 18.4 Å². The number of nitrogens with zero attached hydrogens (tertiary/aromatic N) is 1. The number of hydrogen-bond donors (Lipinski definition) is 1. The Morgan fingerprint density at radius 1 is 1.29 bits per heavy atom. The quantitative estimate of drug-likeness (QED) is 0.862. The van der Waals surface area contributed by atoms with Crippen molar-refractivity contribution in [3.8, 4) is 0 Å². The Morgan fingerprint density at radius 3 is 2.76 bits per heavy atom. The summed E-state index contributed by atoms with van der Waals surface area (Å²) in [5, 5.41) is 5.26. The lowest BCUT2D eigenvalue weighted by molar-refractivity contribution is -0.259. The number of rotatable bonds is 5. The second-order valence-corrected chi connectivity index (χ2v) is 5.82. The molecular formula is C16H19ClN2O2. The van der Waals surface area contributed by atoms with Crippen molar-refractivity contribution in [2.45, 2.75) is 31.2 Å². The maximum absolute atomic E-state index is 6.21. The van der Waals surface area contributed by atoms with E-state index in [0.29, 0.717) is 6.04 Å². The SMILES string of the molecule is COC1(OC)CC(NCc2ccc(Cl)c3cccnc23)C1. The predicted molar refractivity (Wildman–Crippen MR) is 83.4 cm³/mol. The van der Waals surface area contributed by atoms with Gasteiger partial charge in [0.25, 0.3) is 0 Å². The van der Waals surface area contributed by atoms with E-state index in [1.54, 1.807) is 20.4 Å². The van der Waals surface area contributed by atoms with E-state index in [1.165, 1.54) is 0 Å². The monoisotopic (exact) mass is 306 g/mol. The number of ether oxygens (including phenoxy) is 2. The number of halogens is 1. The highest BCUT2D eigenvalue weighted by molar-refractivity contribution is 6.35. The Labute approximate surface area is 129 Å². The van der Waals surface area contributed by atoms with Gasteiger partial charge >= 0.3 is 0 Å². The van der Waals surface area contributed by atoms with E-state index in [2.05, 4.69) is 10.3 Å².